The van der Waals surface area contributed by atoms with Crippen molar-refractivity contribution in [2.75, 3.05) is 18.4 Å². The second-order valence-electron chi connectivity index (χ2n) is 10.4. The summed E-state index contributed by atoms with van der Waals surface area (Å²) < 4.78 is 40.7. The van der Waals surface area contributed by atoms with Crippen LogP contribution >= 0.6 is 11.3 Å². The lowest BCUT2D eigenvalue weighted by molar-refractivity contribution is -0.126. The third kappa shape index (κ3) is 5.71. The maximum Gasteiger partial charge on any atom is 0.393 e. The van der Waals surface area contributed by atoms with Crippen molar-refractivity contribution in [2.24, 2.45) is 0 Å². The fraction of sp³-hybridized carbons (Fsp3) is 0.357. The van der Waals surface area contributed by atoms with Crippen molar-refractivity contribution in [3.63, 3.8) is 0 Å². The molecule has 0 spiro atoms. The molecular formula is C28H27F3N8OS. The van der Waals surface area contributed by atoms with E-state index in [2.05, 4.69) is 55.5 Å². The minimum atomic E-state index is -4.32. The summed E-state index contributed by atoms with van der Waals surface area (Å²) in [6.45, 7) is 5.07. The Bertz CT molecular complexity index is 1740. The van der Waals surface area contributed by atoms with Crippen molar-refractivity contribution in [3.8, 4) is 12.1 Å². The molecular weight excluding hydrogens is 553 g/mol. The number of piperidine rings is 1. The second-order valence-corrected chi connectivity index (χ2v) is 11.5. The Morgan fingerprint density at radius 1 is 1.17 bits per heavy atom. The van der Waals surface area contributed by atoms with Gasteiger partial charge in [0.2, 0.25) is 0 Å². The Kier molecular flexibility index (Phi) is 7.04. The predicted molar refractivity (Wildman–Crippen MR) is 150 cm³/mol. The minimum absolute atomic E-state index is 0.0634. The van der Waals surface area contributed by atoms with Crippen molar-refractivity contribution < 1.29 is 18.3 Å². The number of aromatic hydroxyl groups is 1. The van der Waals surface area contributed by atoms with Gasteiger partial charge in [-0.05, 0) is 49.1 Å². The van der Waals surface area contributed by atoms with Gasteiger partial charge in [-0.25, -0.2) is 0 Å². The average Bonchev–Trinajstić information content (AvgIpc) is 3.65. The molecule has 0 saturated carbocycles. The molecule has 212 valence electrons. The maximum absolute atomic E-state index is 12.9. The Labute approximate surface area is 237 Å². The molecule has 41 heavy (non-hydrogen) atoms. The summed E-state index contributed by atoms with van der Waals surface area (Å²) in [7, 11) is 0. The molecule has 0 radical (unpaired) electrons. The van der Waals surface area contributed by atoms with E-state index in [1.807, 2.05) is 16.8 Å². The highest BCUT2D eigenvalue weighted by molar-refractivity contribution is 7.18. The first kappa shape index (κ1) is 27.0. The highest BCUT2D eigenvalue weighted by Gasteiger charge is 2.29. The van der Waals surface area contributed by atoms with Gasteiger partial charge in [0.15, 0.2) is 0 Å². The summed E-state index contributed by atoms with van der Waals surface area (Å²) in [4.78, 5) is 10.9. The number of alkyl halides is 3. The normalized spacial score (nSPS) is 15.1. The van der Waals surface area contributed by atoms with Gasteiger partial charge in [-0.3, -0.25) is 10.00 Å². The number of nitrogens with zero attached hydrogens (tertiary/aromatic N) is 6. The lowest BCUT2D eigenvalue weighted by atomic mass is 10.0. The first-order valence-corrected chi connectivity index (χ1v) is 14.0. The highest BCUT2D eigenvalue weighted by Crippen LogP contribution is 2.35. The third-order valence-electron chi connectivity index (χ3n) is 7.61. The van der Waals surface area contributed by atoms with Crippen LogP contribution in [0.5, 0.6) is 6.01 Å². The summed E-state index contributed by atoms with van der Waals surface area (Å²) in [6.07, 6.45) is -0.144. The number of hydrogen-bond acceptors (Lipinski definition) is 8. The van der Waals surface area contributed by atoms with E-state index in [0.29, 0.717) is 28.3 Å². The molecule has 5 heterocycles. The van der Waals surface area contributed by atoms with Gasteiger partial charge in [0.25, 0.3) is 0 Å². The summed E-state index contributed by atoms with van der Waals surface area (Å²) in [5, 5.41) is 31.4. The molecule has 1 aliphatic heterocycles. The lowest BCUT2D eigenvalue weighted by Crippen LogP contribution is -2.39. The molecule has 1 aliphatic rings. The van der Waals surface area contributed by atoms with Gasteiger partial charge >= 0.3 is 12.2 Å². The predicted octanol–water partition coefficient (Wildman–Crippen LogP) is 5.48. The third-order valence-corrected chi connectivity index (χ3v) is 8.63. The first-order valence-electron chi connectivity index (χ1n) is 13.2. The van der Waals surface area contributed by atoms with Crippen LogP contribution in [-0.2, 0) is 19.5 Å². The average molecular weight is 581 g/mol. The first-order chi connectivity index (χ1) is 19.7. The zero-order chi connectivity index (χ0) is 28.7. The summed E-state index contributed by atoms with van der Waals surface area (Å²) in [5.41, 5.74) is 4.96. The molecule has 0 amide bonds. The molecule has 0 unspecified atom stereocenters. The van der Waals surface area contributed by atoms with E-state index in [1.54, 1.807) is 6.20 Å². The molecule has 1 fully saturated rings. The van der Waals surface area contributed by atoms with E-state index in [1.165, 1.54) is 11.6 Å². The molecule has 1 saturated heterocycles. The highest BCUT2D eigenvalue weighted by atomic mass is 32.1. The van der Waals surface area contributed by atoms with Gasteiger partial charge in [-0.1, -0.05) is 6.07 Å². The molecule has 9 nitrogen and oxygen atoms in total. The van der Waals surface area contributed by atoms with Crippen LogP contribution in [0, 0.1) is 18.3 Å². The Hall–Kier alpha value is -4.15. The number of rotatable bonds is 7. The van der Waals surface area contributed by atoms with Crippen LogP contribution in [0.15, 0.2) is 36.7 Å². The largest absolute Gasteiger partial charge is 0.479 e. The van der Waals surface area contributed by atoms with Crippen molar-refractivity contribution in [1.82, 2.24) is 29.6 Å². The summed E-state index contributed by atoms with van der Waals surface area (Å²) in [6, 6.07) is 9.54. The van der Waals surface area contributed by atoms with Crippen LogP contribution in [0.2, 0.25) is 0 Å². The number of hydrogen-bond donors (Lipinski definition) is 3. The number of fused-ring (bicyclic) bond motifs is 2. The number of benzene rings is 1. The number of H-pyrrole nitrogens is 1. The molecule has 1 aromatic carbocycles. The number of anilines is 1. The molecule has 5 aromatic rings. The number of aryl methyl sites for hydroxylation is 1. The smallest absolute Gasteiger partial charge is 0.393 e. The van der Waals surface area contributed by atoms with E-state index >= 15 is 0 Å². The number of thiophene rings is 1. The van der Waals surface area contributed by atoms with Crippen LogP contribution in [0.25, 0.3) is 21.1 Å². The molecule has 3 N–H and O–H groups in total. The minimum Gasteiger partial charge on any atom is -0.479 e. The summed E-state index contributed by atoms with van der Waals surface area (Å²) in [5.74, 6) is 0.366. The molecule has 4 aromatic heterocycles. The van der Waals surface area contributed by atoms with E-state index in [-0.39, 0.29) is 10.9 Å². The second kappa shape index (κ2) is 10.7. The Balaban J connectivity index is 1.13. The van der Waals surface area contributed by atoms with Gasteiger partial charge in [-0.2, -0.15) is 33.5 Å². The fourth-order valence-corrected chi connectivity index (χ4v) is 6.58. The number of likely N-dealkylation sites (tertiary alicyclic amines) is 1. The number of aromatic nitrogens is 5. The fourth-order valence-electron chi connectivity index (χ4n) is 5.53. The zero-order valence-electron chi connectivity index (χ0n) is 22.2. The quantitative estimate of drug-likeness (QED) is 0.233. The number of nitriles is 1. The van der Waals surface area contributed by atoms with E-state index in [9.17, 15) is 23.5 Å². The molecule has 0 aliphatic carbocycles. The molecule has 0 atom stereocenters. The van der Waals surface area contributed by atoms with Crippen molar-refractivity contribution in [2.45, 2.75) is 51.5 Å². The monoisotopic (exact) mass is 580 g/mol. The van der Waals surface area contributed by atoms with E-state index < -0.39 is 18.6 Å². The Morgan fingerprint density at radius 2 is 1.98 bits per heavy atom. The van der Waals surface area contributed by atoms with Gasteiger partial charge in [0.1, 0.15) is 22.4 Å². The standard InChI is InChI=1S/C28H27F3N8OS/c1-16-18(2-3-24-22(16)8-20(11-32)39(24)14-17-12-33-34-13-17)15-38-6-4-19(5-7-38)35-25-23-9-21(10-28(29,30)31)41-26(23)37-27(40)36-25/h2-3,8-9,12-13,19H,4-7,10,14-15H2,1H3,(H,33,34)(H2,35,36,37,40). The van der Waals surface area contributed by atoms with Crippen LogP contribution < -0.4 is 5.32 Å². The molecule has 6 rings (SSSR count). The van der Waals surface area contributed by atoms with Crippen molar-refractivity contribution in [3.05, 3.63) is 63.9 Å². The van der Waals surface area contributed by atoms with Crippen LogP contribution in [0.4, 0.5) is 19.0 Å². The summed E-state index contributed by atoms with van der Waals surface area (Å²) >= 11 is 0.920. The van der Waals surface area contributed by atoms with Gasteiger partial charge in [-0.15, -0.1) is 11.3 Å². The van der Waals surface area contributed by atoms with Crippen LogP contribution in [0.1, 0.15) is 40.1 Å². The van der Waals surface area contributed by atoms with Crippen molar-refractivity contribution >= 4 is 38.3 Å². The SMILES string of the molecule is Cc1c(CN2CCC(Nc3nc(O)nc4sc(CC(F)(F)F)cc34)CC2)ccc2c1cc(C#N)n2Cc1cn[nH]c1. The lowest BCUT2D eigenvalue weighted by Gasteiger charge is -2.33. The number of aromatic amines is 1. The van der Waals surface area contributed by atoms with Crippen LogP contribution in [0.3, 0.4) is 0 Å². The van der Waals surface area contributed by atoms with E-state index in [4.69, 9.17) is 0 Å². The van der Waals surface area contributed by atoms with Crippen LogP contribution in [-0.4, -0.2) is 60.0 Å². The number of nitrogens with one attached hydrogen (secondary N) is 2. The molecule has 0 bridgehead atoms. The van der Waals surface area contributed by atoms with Gasteiger partial charge in [0.05, 0.1) is 24.5 Å². The molecule has 13 heteroatoms. The Morgan fingerprint density at radius 3 is 2.68 bits per heavy atom. The van der Waals surface area contributed by atoms with Gasteiger partial charge < -0.3 is 15.0 Å². The maximum atomic E-state index is 12.9. The topological polar surface area (TPSA) is 119 Å². The van der Waals surface area contributed by atoms with Gasteiger partial charge in [0, 0.05) is 53.2 Å². The van der Waals surface area contributed by atoms with E-state index in [0.717, 1.165) is 65.8 Å². The zero-order valence-corrected chi connectivity index (χ0v) is 23.0. The van der Waals surface area contributed by atoms with Crippen molar-refractivity contribution in [1.29, 1.82) is 5.26 Å². The number of halogens is 3.